The quantitative estimate of drug-likeness (QED) is 0.726. The second-order valence-corrected chi connectivity index (χ2v) is 5.31. The third-order valence-electron chi connectivity index (χ3n) is 3.57. The highest BCUT2D eigenvalue weighted by molar-refractivity contribution is 5.90. The molecular weight excluding hydrogens is 353 g/mol. The van der Waals surface area contributed by atoms with Gasteiger partial charge in [0.05, 0.1) is 5.52 Å². The monoisotopic (exact) mass is 366 g/mol. The van der Waals surface area contributed by atoms with Gasteiger partial charge in [0.2, 0.25) is 5.91 Å². The van der Waals surface area contributed by atoms with E-state index in [0.717, 1.165) is 12.1 Å². The Balaban J connectivity index is 1.65. The highest BCUT2D eigenvalue weighted by atomic mass is 19.3. The van der Waals surface area contributed by atoms with Crippen LogP contribution in [0.1, 0.15) is 6.42 Å². The molecule has 9 heteroatoms. The molecular formula is C17H13F3N2O4. The normalized spacial score (nSPS) is 11.1. The fourth-order valence-corrected chi connectivity index (χ4v) is 2.43. The summed E-state index contributed by atoms with van der Waals surface area (Å²) >= 11 is 0. The van der Waals surface area contributed by atoms with Crippen molar-refractivity contribution < 1.29 is 27.1 Å². The first-order valence-electron chi connectivity index (χ1n) is 7.56. The third kappa shape index (κ3) is 3.88. The average Bonchev–Trinajstić information content (AvgIpc) is 2.90. The smallest absolute Gasteiger partial charge is 0.419 e. The first-order chi connectivity index (χ1) is 12.4. The number of carbonyl (C=O) groups is 1. The molecule has 0 saturated carbocycles. The van der Waals surface area contributed by atoms with Gasteiger partial charge in [-0.05, 0) is 24.3 Å². The SMILES string of the molecule is O=C(CCn1c(=O)oc2ccccc21)Nc1ccc(OC(F)F)c(F)c1. The van der Waals surface area contributed by atoms with Gasteiger partial charge in [-0.2, -0.15) is 8.78 Å². The van der Waals surface area contributed by atoms with E-state index in [1.54, 1.807) is 24.3 Å². The van der Waals surface area contributed by atoms with Crippen LogP contribution < -0.4 is 15.8 Å². The van der Waals surface area contributed by atoms with Crippen LogP contribution in [0.15, 0.2) is 51.7 Å². The minimum Gasteiger partial charge on any atom is -0.432 e. The Morgan fingerprint density at radius 2 is 2.00 bits per heavy atom. The maximum atomic E-state index is 13.6. The molecule has 0 aliphatic carbocycles. The molecule has 0 bridgehead atoms. The number of rotatable bonds is 6. The Morgan fingerprint density at radius 3 is 2.73 bits per heavy atom. The van der Waals surface area contributed by atoms with Gasteiger partial charge < -0.3 is 14.5 Å². The number of ether oxygens (including phenoxy) is 1. The summed E-state index contributed by atoms with van der Waals surface area (Å²) in [4.78, 5) is 23.8. The van der Waals surface area contributed by atoms with Crippen LogP contribution in [0.5, 0.6) is 5.75 Å². The third-order valence-corrected chi connectivity index (χ3v) is 3.57. The predicted octanol–water partition coefficient (Wildman–Crippen LogP) is 3.36. The number of hydrogen-bond donors (Lipinski definition) is 1. The van der Waals surface area contributed by atoms with Crippen molar-refractivity contribution in [3.05, 3.63) is 58.8 Å². The van der Waals surface area contributed by atoms with Crippen LogP contribution in [0.3, 0.4) is 0 Å². The Bertz CT molecular complexity index is 997. The number of nitrogens with one attached hydrogen (secondary N) is 1. The maximum absolute atomic E-state index is 13.6. The van der Waals surface area contributed by atoms with Crippen molar-refractivity contribution in [1.29, 1.82) is 0 Å². The summed E-state index contributed by atoms with van der Waals surface area (Å²) in [6.07, 6.45) is -0.0691. The number of nitrogens with zero attached hydrogens (tertiary/aromatic N) is 1. The number of aryl methyl sites for hydroxylation is 1. The number of para-hydroxylation sites is 2. The standard InChI is InChI=1S/C17H13F3N2O4/c18-11-9-10(5-6-13(11)25-16(19)20)21-15(23)7-8-22-12-3-1-2-4-14(12)26-17(22)24/h1-6,9,16H,7-8H2,(H,21,23). The van der Waals surface area contributed by atoms with Gasteiger partial charge in [0, 0.05) is 24.7 Å². The van der Waals surface area contributed by atoms with Gasteiger partial charge in [-0.15, -0.1) is 0 Å². The highest BCUT2D eigenvalue weighted by Gasteiger charge is 2.13. The molecule has 0 radical (unpaired) electrons. The lowest BCUT2D eigenvalue weighted by atomic mass is 10.2. The molecule has 1 amide bonds. The van der Waals surface area contributed by atoms with Gasteiger partial charge in [0.1, 0.15) is 0 Å². The molecule has 1 aromatic heterocycles. The lowest BCUT2D eigenvalue weighted by Crippen LogP contribution is -2.19. The van der Waals surface area contributed by atoms with Gasteiger partial charge in [-0.25, -0.2) is 9.18 Å². The number of amides is 1. The summed E-state index contributed by atoms with van der Waals surface area (Å²) in [7, 11) is 0. The Hall–Kier alpha value is -3.23. The van der Waals surface area contributed by atoms with E-state index in [1.807, 2.05) is 0 Å². The Labute approximate surface area is 144 Å². The van der Waals surface area contributed by atoms with E-state index in [1.165, 1.54) is 10.6 Å². The number of hydrogen-bond acceptors (Lipinski definition) is 4. The zero-order chi connectivity index (χ0) is 18.7. The first kappa shape index (κ1) is 17.6. The van der Waals surface area contributed by atoms with E-state index in [9.17, 15) is 22.8 Å². The van der Waals surface area contributed by atoms with Gasteiger partial charge in [-0.1, -0.05) is 12.1 Å². The molecule has 2 aromatic carbocycles. The molecule has 136 valence electrons. The van der Waals surface area contributed by atoms with Crippen molar-refractivity contribution >= 4 is 22.7 Å². The second kappa shape index (κ2) is 7.34. The molecule has 26 heavy (non-hydrogen) atoms. The minimum absolute atomic E-state index is 0.0662. The van der Waals surface area contributed by atoms with E-state index < -0.39 is 29.8 Å². The van der Waals surface area contributed by atoms with Gasteiger partial charge in [0.15, 0.2) is 17.1 Å². The van der Waals surface area contributed by atoms with E-state index in [4.69, 9.17) is 4.42 Å². The molecule has 0 atom stereocenters. The molecule has 0 spiro atoms. The summed E-state index contributed by atoms with van der Waals surface area (Å²) < 4.78 is 48.2. The summed E-state index contributed by atoms with van der Waals surface area (Å²) in [6.45, 7) is -3.08. The number of anilines is 1. The Kier molecular flexibility index (Phi) is 4.97. The van der Waals surface area contributed by atoms with Crippen LogP contribution in [-0.2, 0) is 11.3 Å². The van der Waals surface area contributed by atoms with E-state index in [0.29, 0.717) is 11.1 Å². The summed E-state index contributed by atoms with van der Waals surface area (Å²) in [5, 5.41) is 2.43. The number of aromatic nitrogens is 1. The molecule has 0 aliphatic rings. The van der Waals surface area contributed by atoms with Crippen LogP contribution in [0.2, 0.25) is 0 Å². The zero-order valence-electron chi connectivity index (χ0n) is 13.2. The average molecular weight is 366 g/mol. The topological polar surface area (TPSA) is 73.5 Å². The van der Waals surface area contributed by atoms with Crippen molar-refractivity contribution in [2.24, 2.45) is 0 Å². The molecule has 0 fully saturated rings. The van der Waals surface area contributed by atoms with Crippen molar-refractivity contribution in [3.8, 4) is 5.75 Å². The van der Waals surface area contributed by atoms with Crippen LogP contribution in [-0.4, -0.2) is 17.1 Å². The number of alkyl halides is 2. The zero-order valence-corrected chi connectivity index (χ0v) is 13.2. The number of benzene rings is 2. The van der Waals surface area contributed by atoms with Crippen molar-refractivity contribution in [2.75, 3.05) is 5.32 Å². The van der Waals surface area contributed by atoms with E-state index in [2.05, 4.69) is 10.1 Å². The Morgan fingerprint density at radius 1 is 1.23 bits per heavy atom. The van der Waals surface area contributed by atoms with Crippen molar-refractivity contribution in [3.63, 3.8) is 0 Å². The summed E-state index contributed by atoms with van der Waals surface area (Å²) in [5.74, 6) is -2.71. The fourth-order valence-electron chi connectivity index (χ4n) is 2.43. The predicted molar refractivity (Wildman–Crippen MR) is 86.8 cm³/mol. The number of oxazole rings is 1. The van der Waals surface area contributed by atoms with E-state index in [-0.39, 0.29) is 18.7 Å². The highest BCUT2D eigenvalue weighted by Crippen LogP contribution is 2.23. The molecule has 3 rings (SSSR count). The molecule has 1 heterocycles. The van der Waals surface area contributed by atoms with Crippen molar-refractivity contribution in [1.82, 2.24) is 4.57 Å². The molecule has 6 nitrogen and oxygen atoms in total. The second-order valence-electron chi connectivity index (χ2n) is 5.31. The van der Waals surface area contributed by atoms with Gasteiger partial charge in [-0.3, -0.25) is 9.36 Å². The molecule has 1 N–H and O–H groups in total. The number of halogens is 3. The van der Waals surface area contributed by atoms with Crippen LogP contribution >= 0.6 is 0 Å². The minimum atomic E-state index is -3.15. The van der Waals surface area contributed by atoms with Crippen LogP contribution in [0.25, 0.3) is 11.1 Å². The van der Waals surface area contributed by atoms with Gasteiger partial charge >= 0.3 is 12.4 Å². The fraction of sp³-hybridized carbons (Fsp3) is 0.176. The summed E-state index contributed by atoms with van der Waals surface area (Å²) in [5.41, 5.74) is 1.05. The number of fused-ring (bicyclic) bond motifs is 1. The number of carbonyl (C=O) groups excluding carboxylic acids is 1. The summed E-state index contributed by atoms with van der Waals surface area (Å²) in [6, 6.07) is 9.88. The van der Waals surface area contributed by atoms with Crippen LogP contribution in [0, 0.1) is 5.82 Å². The van der Waals surface area contributed by atoms with Crippen LogP contribution in [0.4, 0.5) is 18.9 Å². The first-order valence-corrected chi connectivity index (χ1v) is 7.56. The molecule has 0 saturated heterocycles. The molecule has 3 aromatic rings. The molecule has 0 aliphatic heterocycles. The van der Waals surface area contributed by atoms with Gasteiger partial charge in [0.25, 0.3) is 0 Å². The van der Waals surface area contributed by atoms with E-state index >= 15 is 0 Å². The molecule has 0 unspecified atom stereocenters. The lowest BCUT2D eigenvalue weighted by molar-refractivity contribution is -0.116. The van der Waals surface area contributed by atoms with Crippen molar-refractivity contribution in [2.45, 2.75) is 19.6 Å². The maximum Gasteiger partial charge on any atom is 0.419 e. The lowest BCUT2D eigenvalue weighted by Gasteiger charge is -2.09. The largest absolute Gasteiger partial charge is 0.432 e.